The summed E-state index contributed by atoms with van der Waals surface area (Å²) >= 11 is 3.27. The van der Waals surface area contributed by atoms with E-state index in [0.29, 0.717) is 13.0 Å². The second-order valence-electron chi connectivity index (χ2n) is 5.14. The minimum absolute atomic E-state index is 0.0230. The highest BCUT2D eigenvalue weighted by Gasteiger charge is 2.15. The molecule has 7 heteroatoms. The quantitative estimate of drug-likeness (QED) is 0.676. The van der Waals surface area contributed by atoms with Crippen molar-refractivity contribution in [1.82, 2.24) is 10.6 Å². The van der Waals surface area contributed by atoms with E-state index in [9.17, 15) is 13.2 Å². The van der Waals surface area contributed by atoms with Crippen LogP contribution in [0.5, 0.6) is 0 Å². The van der Waals surface area contributed by atoms with Gasteiger partial charge in [0.15, 0.2) is 9.84 Å². The van der Waals surface area contributed by atoms with E-state index < -0.39 is 9.84 Å². The Morgan fingerprint density at radius 2 is 1.91 bits per heavy atom. The molecule has 1 aromatic rings. The van der Waals surface area contributed by atoms with Crippen LogP contribution in [0.25, 0.3) is 0 Å². The number of likely N-dealkylation sites (N-methyl/N-ethyl adjacent to an activating group) is 1. The number of carbonyl (C=O) groups excluding carboxylic acids is 1. The maximum absolute atomic E-state index is 12.1. The van der Waals surface area contributed by atoms with Crippen molar-refractivity contribution in [3.05, 3.63) is 28.7 Å². The Bertz CT molecular complexity index is 573. The number of carbonyl (C=O) groups is 1. The summed E-state index contributed by atoms with van der Waals surface area (Å²) in [7, 11) is -3.33. The van der Waals surface area contributed by atoms with Crippen molar-refractivity contribution in [3.63, 3.8) is 0 Å². The fourth-order valence-corrected chi connectivity index (χ4v) is 3.53. The van der Waals surface area contributed by atoms with Gasteiger partial charge in [-0.1, -0.05) is 22.9 Å². The van der Waals surface area contributed by atoms with E-state index in [1.165, 1.54) is 0 Å². The Labute approximate surface area is 140 Å². The van der Waals surface area contributed by atoms with Gasteiger partial charge in [-0.3, -0.25) is 4.79 Å². The zero-order valence-corrected chi connectivity index (χ0v) is 15.3. The molecular weight excluding hydrogens is 368 g/mol. The van der Waals surface area contributed by atoms with Gasteiger partial charge in [0, 0.05) is 23.5 Å². The Hall–Kier alpha value is -0.920. The Balaban J connectivity index is 2.36. The molecule has 1 aromatic carbocycles. The van der Waals surface area contributed by atoms with Crippen molar-refractivity contribution in [3.8, 4) is 0 Å². The number of rotatable bonds is 9. The molecule has 0 aromatic heterocycles. The normalized spacial score (nSPS) is 12.9. The minimum Gasteiger partial charge on any atom is -0.355 e. The summed E-state index contributed by atoms with van der Waals surface area (Å²) in [6.45, 7) is 5.39. The number of amides is 1. The number of halogens is 1. The molecule has 0 bridgehead atoms. The smallest absolute Gasteiger partial charge is 0.220 e. The van der Waals surface area contributed by atoms with E-state index in [1.54, 1.807) is 24.3 Å². The van der Waals surface area contributed by atoms with Crippen LogP contribution in [0.1, 0.15) is 26.7 Å². The number of nitrogens with one attached hydrogen (secondary N) is 2. The average molecular weight is 391 g/mol. The first-order chi connectivity index (χ1) is 10.3. The molecular formula is C15H23BrN2O3S. The third-order valence-corrected chi connectivity index (χ3v) is 5.49. The molecule has 0 saturated carbocycles. The predicted octanol–water partition coefficient (Wildman–Crippen LogP) is 2.12. The summed E-state index contributed by atoms with van der Waals surface area (Å²) in [5.41, 5.74) is 0. The van der Waals surface area contributed by atoms with Crippen LogP contribution in [0.4, 0.5) is 0 Å². The molecule has 22 heavy (non-hydrogen) atoms. The van der Waals surface area contributed by atoms with Gasteiger partial charge in [-0.15, -0.1) is 0 Å². The van der Waals surface area contributed by atoms with E-state index in [1.807, 2.05) is 13.8 Å². The lowest BCUT2D eigenvalue weighted by molar-refractivity contribution is -0.121. The molecule has 2 N–H and O–H groups in total. The van der Waals surface area contributed by atoms with Crippen molar-refractivity contribution >= 4 is 31.7 Å². The Morgan fingerprint density at radius 3 is 2.50 bits per heavy atom. The molecule has 1 amide bonds. The maximum Gasteiger partial charge on any atom is 0.220 e. The van der Waals surface area contributed by atoms with Crippen LogP contribution in [0, 0.1) is 0 Å². The molecule has 0 unspecified atom stereocenters. The first-order valence-corrected chi connectivity index (χ1v) is 9.78. The zero-order chi connectivity index (χ0) is 16.6. The van der Waals surface area contributed by atoms with Gasteiger partial charge in [-0.25, -0.2) is 8.42 Å². The summed E-state index contributed by atoms with van der Waals surface area (Å²) in [6, 6.07) is 6.74. The standard InChI is InChI=1S/C15H23BrN2O3S/c1-3-17-12(2)11-18-15(19)5-4-10-22(20,21)14-8-6-13(16)7-9-14/h6-9,12,17H,3-5,10-11H2,1-2H3,(H,18,19)/t12-/m1/s1. The van der Waals surface area contributed by atoms with Crippen molar-refractivity contribution in [1.29, 1.82) is 0 Å². The Morgan fingerprint density at radius 1 is 1.27 bits per heavy atom. The second-order valence-corrected chi connectivity index (χ2v) is 8.16. The predicted molar refractivity (Wildman–Crippen MR) is 91.6 cm³/mol. The van der Waals surface area contributed by atoms with Gasteiger partial charge in [-0.2, -0.15) is 0 Å². The lowest BCUT2D eigenvalue weighted by Crippen LogP contribution is -2.38. The molecule has 0 spiro atoms. The van der Waals surface area contributed by atoms with E-state index in [4.69, 9.17) is 0 Å². The van der Waals surface area contributed by atoms with Gasteiger partial charge in [0.05, 0.1) is 10.6 Å². The molecule has 0 aliphatic carbocycles. The second kappa shape index (κ2) is 9.27. The molecule has 5 nitrogen and oxygen atoms in total. The van der Waals surface area contributed by atoms with E-state index in [2.05, 4.69) is 26.6 Å². The van der Waals surface area contributed by atoms with E-state index in [-0.39, 0.29) is 29.0 Å². The monoisotopic (exact) mass is 390 g/mol. The molecule has 0 aliphatic heterocycles. The van der Waals surface area contributed by atoms with Crippen molar-refractivity contribution in [2.24, 2.45) is 0 Å². The SMILES string of the molecule is CCN[C@H](C)CNC(=O)CCCS(=O)(=O)c1ccc(Br)cc1. The van der Waals surface area contributed by atoms with Gasteiger partial charge in [0.1, 0.15) is 0 Å². The first-order valence-electron chi connectivity index (χ1n) is 7.33. The van der Waals surface area contributed by atoms with Crippen molar-refractivity contribution < 1.29 is 13.2 Å². The molecule has 0 radical (unpaired) electrons. The van der Waals surface area contributed by atoms with Gasteiger partial charge >= 0.3 is 0 Å². The van der Waals surface area contributed by atoms with Gasteiger partial charge in [0.25, 0.3) is 0 Å². The van der Waals surface area contributed by atoms with E-state index >= 15 is 0 Å². The van der Waals surface area contributed by atoms with Crippen LogP contribution < -0.4 is 10.6 Å². The molecule has 1 atom stereocenters. The summed E-state index contributed by atoms with van der Waals surface area (Å²) < 4.78 is 25.1. The van der Waals surface area contributed by atoms with Crippen LogP contribution in [-0.2, 0) is 14.6 Å². The summed E-state index contributed by atoms with van der Waals surface area (Å²) in [5.74, 6) is -0.138. The van der Waals surface area contributed by atoms with Gasteiger partial charge in [-0.05, 0) is 44.2 Å². The fourth-order valence-electron chi connectivity index (χ4n) is 1.96. The highest BCUT2D eigenvalue weighted by Crippen LogP contribution is 2.16. The van der Waals surface area contributed by atoms with Crippen LogP contribution in [0.15, 0.2) is 33.6 Å². The summed E-state index contributed by atoms with van der Waals surface area (Å²) in [6.07, 6.45) is 0.536. The molecule has 0 saturated heterocycles. The zero-order valence-electron chi connectivity index (χ0n) is 12.9. The third-order valence-electron chi connectivity index (χ3n) is 3.15. The van der Waals surface area contributed by atoms with Crippen molar-refractivity contribution in [2.45, 2.75) is 37.6 Å². The van der Waals surface area contributed by atoms with Crippen LogP contribution in [-0.4, -0.2) is 39.2 Å². The number of hydrogen-bond acceptors (Lipinski definition) is 4. The van der Waals surface area contributed by atoms with Crippen LogP contribution in [0.2, 0.25) is 0 Å². The maximum atomic E-state index is 12.1. The number of hydrogen-bond donors (Lipinski definition) is 2. The van der Waals surface area contributed by atoms with Gasteiger partial charge in [0.2, 0.25) is 5.91 Å². The third kappa shape index (κ3) is 6.89. The molecule has 124 valence electrons. The molecule has 1 rings (SSSR count). The lowest BCUT2D eigenvalue weighted by Gasteiger charge is -2.13. The number of sulfone groups is 1. The fraction of sp³-hybridized carbons (Fsp3) is 0.533. The molecule has 0 aliphatic rings. The average Bonchev–Trinajstić information content (AvgIpc) is 2.46. The minimum atomic E-state index is -3.33. The van der Waals surface area contributed by atoms with Crippen molar-refractivity contribution in [2.75, 3.05) is 18.8 Å². The lowest BCUT2D eigenvalue weighted by atomic mass is 10.3. The van der Waals surface area contributed by atoms with Gasteiger partial charge < -0.3 is 10.6 Å². The van der Waals surface area contributed by atoms with Crippen LogP contribution >= 0.6 is 15.9 Å². The van der Waals surface area contributed by atoms with Crippen LogP contribution in [0.3, 0.4) is 0 Å². The highest BCUT2D eigenvalue weighted by molar-refractivity contribution is 9.10. The molecule has 0 fully saturated rings. The first kappa shape index (κ1) is 19.1. The summed E-state index contributed by atoms with van der Waals surface area (Å²) in [5, 5.41) is 5.99. The largest absolute Gasteiger partial charge is 0.355 e. The number of benzene rings is 1. The summed E-state index contributed by atoms with van der Waals surface area (Å²) in [4.78, 5) is 12.0. The van der Waals surface area contributed by atoms with E-state index in [0.717, 1.165) is 11.0 Å². The highest BCUT2D eigenvalue weighted by atomic mass is 79.9. The Kier molecular flexibility index (Phi) is 8.06. The molecule has 0 heterocycles. The topological polar surface area (TPSA) is 75.3 Å².